The van der Waals surface area contributed by atoms with E-state index in [-0.39, 0.29) is 0 Å². The Morgan fingerprint density at radius 3 is 0.636 bits per heavy atom. The molecule has 0 spiro atoms. The van der Waals surface area contributed by atoms with Gasteiger partial charge in [-0.1, -0.05) is 0 Å². The highest BCUT2D eigenvalue weighted by molar-refractivity contribution is 5.26. The summed E-state index contributed by atoms with van der Waals surface area (Å²) in [5, 5.41) is 0. The summed E-state index contributed by atoms with van der Waals surface area (Å²) >= 11 is 0. The number of fused-ring (bicyclic) bond motifs is 12. The van der Waals surface area contributed by atoms with E-state index < -0.39 is 0 Å². The molecule has 8 atom stereocenters. The fourth-order valence-electron chi connectivity index (χ4n) is 13.0. The van der Waals surface area contributed by atoms with Gasteiger partial charge in [-0.15, -0.1) is 0 Å². The average molecular weight is 292 g/mol. The van der Waals surface area contributed by atoms with Crippen LogP contribution in [0.1, 0.15) is 38.5 Å². The van der Waals surface area contributed by atoms with Gasteiger partial charge in [-0.25, -0.2) is 0 Å². The standard InChI is InChI=1S/C22H28/c1-7-11-3-15-9-2-10-17-5-13(19(11)21(15)17)8(1)14-6-18(10)22-16(9)4-12(7)20(14)22/h7-22H,1-6H2. The lowest BCUT2D eigenvalue weighted by Crippen LogP contribution is -2.49. The van der Waals surface area contributed by atoms with Crippen LogP contribution in [0.4, 0.5) is 0 Å². The van der Waals surface area contributed by atoms with Crippen LogP contribution >= 0.6 is 0 Å². The second-order valence-corrected chi connectivity index (χ2v) is 11.7. The summed E-state index contributed by atoms with van der Waals surface area (Å²) in [5.41, 5.74) is 0. The maximum Gasteiger partial charge on any atom is -0.0318 e. The highest BCUT2D eigenvalue weighted by atomic mass is 14.8. The smallest absolute Gasteiger partial charge is 0.0318 e. The Balaban J connectivity index is 1.45. The van der Waals surface area contributed by atoms with Crippen molar-refractivity contribution in [2.45, 2.75) is 38.5 Å². The molecule has 0 radical (unpaired) electrons. The van der Waals surface area contributed by atoms with Crippen LogP contribution in [-0.2, 0) is 0 Å². The summed E-state index contributed by atoms with van der Waals surface area (Å²) in [6.07, 6.45) is 10.4. The van der Waals surface area contributed by atoms with Gasteiger partial charge in [0.2, 0.25) is 0 Å². The maximum atomic E-state index is 1.74. The molecule has 0 aromatic carbocycles. The Hall–Kier alpha value is 0. The van der Waals surface area contributed by atoms with E-state index in [9.17, 15) is 0 Å². The molecule has 0 heterocycles. The lowest BCUT2D eigenvalue weighted by molar-refractivity contribution is -0.0703. The molecule has 8 rings (SSSR count). The first-order valence-corrected chi connectivity index (χ1v) is 10.9. The molecular weight excluding hydrogens is 264 g/mol. The molecule has 0 N–H and O–H groups in total. The molecule has 8 aliphatic rings. The van der Waals surface area contributed by atoms with Gasteiger partial charge in [-0.3, -0.25) is 0 Å². The largest absolute Gasteiger partial charge is 0.0465 e. The number of hydrogen-bond acceptors (Lipinski definition) is 0. The predicted octanol–water partition coefficient (Wildman–Crippen LogP) is 4.31. The van der Waals surface area contributed by atoms with E-state index in [4.69, 9.17) is 0 Å². The molecule has 8 unspecified atom stereocenters. The van der Waals surface area contributed by atoms with E-state index in [1.165, 1.54) is 94.7 Å². The lowest BCUT2D eigenvalue weighted by atomic mass is 9.49. The van der Waals surface area contributed by atoms with Crippen molar-refractivity contribution in [3.63, 3.8) is 0 Å². The molecule has 0 nitrogen and oxygen atoms in total. The number of hydrogen-bond donors (Lipinski definition) is 0. The van der Waals surface area contributed by atoms with Gasteiger partial charge in [0.15, 0.2) is 0 Å². The summed E-state index contributed by atoms with van der Waals surface area (Å²) in [6, 6.07) is 0. The van der Waals surface area contributed by atoms with Crippen LogP contribution in [0.15, 0.2) is 0 Å². The van der Waals surface area contributed by atoms with Crippen molar-refractivity contribution in [3.05, 3.63) is 0 Å². The molecule has 8 aliphatic carbocycles. The summed E-state index contributed by atoms with van der Waals surface area (Å²) < 4.78 is 0. The Kier molecular flexibility index (Phi) is 1.41. The normalized spacial score (nSPS) is 85.1. The van der Waals surface area contributed by atoms with E-state index in [0.717, 1.165) is 0 Å². The number of rotatable bonds is 0. The monoisotopic (exact) mass is 292 g/mol. The molecule has 116 valence electrons. The van der Waals surface area contributed by atoms with Gasteiger partial charge in [0.05, 0.1) is 0 Å². The molecular formula is C22H28. The minimum atomic E-state index is 1.24. The quantitative estimate of drug-likeness (QED) is 0.624. The van der Waals surface area contributed by atoms with Crippen molar-refractivity contribution >= 4 is 0 Å². The first kappa shape index (κ1) is 10.8. The summed E-state index contributed by atoms with van der Waals surface area (Å²) in [6.45, 7) is 0. The average Bonchev–Trinajstić information content (AvgIpc) is 3.22. The van der Waals surface area contributed by atoms with Gasteiger partial charge < -0.3 is 0 Å². The Morgan fingerprint density at radius 1 is 0.227 bits per heavy atom. The van der Waals surface area contributed by atoms with E-state index in [1.54, 1.807) is 38.5 Å². The van der Waals surface area contributed by atoms with E-state index in [0.29, 0.717) is 0 Å². The van der Waals surface area contributed by atoms with E-state index in [1.807, 2.05) is 0 Å². The molecule has 0 aromatic heterocycles. The summed E-state index contributed by atoms with van der Waals surface area (Å²) in [7, 11) is 0. The molecule has 0 amide bonds. The molecule has 0 aromatic rings. The minimum Gasteiger partial charge on any atom is -0.0465 e. The highest BCUT2D eigenvalue weighted by Gasteiger charge is 2.78. The van der Waals surface area contributed by atoms with Gasteiger partial charge in [-0.2, -0.15) is 0 Å². The van der Waals surface area contributed by atoms with E-state index in [2.05, 4.69) is 0 Å². The fourth-order valence-corrected chi connectivity index (χ4v) is 13.0. The molecule has 8 fully saturated rings. The zero-order valence-corrected chi connectivity index (χ0v) is 13.5. The van der Waals surface area contributed by atoms with Crippen LogP contribution < -0.4 is 0 Å². The van der Waals surface area contributed by atoms with Crippen LogP contribution in [0.2, 0.25) is 0 Å². The zero-order valence-electron chi connectivity index (χ0n) is 13.5. The Bertz CT molecular complexity index is 454. The molecule has 0 heteroatoms. The fraction of sp³-hybridized carbons (Fsp3) is 1.00. The third-order valence-electron chi connectivity index (χ3n) is 12.5. The maximum absolute atomic E-state index is 1.74. The molecule has 0 aliphatic heterocycles. The predicted molar refractivity (Wildman–Crippen MR) is 83.5 cm³/mol. The van der Waals surface area contributed by atoms with Crippen LogP contribution in [0.5, 0.6) is 0 Å². The lowest BCUT2D eigenvalue weighted by Gasteiger charge is -2.56. The topological polar surface area (TPSA) is 0 Å². The Labute approximate surface area is 133 Å². The SMILES string of the molecule is C1C2C3CC4C5CC6C7CC(C1C1CC6C6C5CC2C16)C3C47. The van der Waals surface area contributed by atoms with Crippen molar-refractivity contribution in [1.82, 2.24) is 0 Å². The van der Waals surface area contributed by atoms with E-state index >= 15 is 0 Å². The van der Waals surface area contributed by atoms with Crippen LogP contribution in [0.3, 0.4) is 0 Å². The molecule has 8 saturated carbocycles. The first-order valence-electron chi connectivity index (χ1n) is 10.9. The van der Waals surface area contributed by atoms with Crippen LogP contribution in [-0.4, -0.2) is 0 Å². The Morgan fingerprint density at radius 2 is 0.409 bits per heavy atom. The first-order chi connectivity index (χ1) is 10.9. The van der Waals surface area contributed by atoms with Gasteiger partial charge >= 0.3 is 0 Å². The van der Waals surface area contributed by atoms with Gasteiger partial charge in [0, 0.05) is 0 Å². The molecule has 0 saturated heterocycles. The zero-order chi connectivity index (χ0) is 13.5. The molecule has 22 heavy (non-hydrogen) atoms. The van der Waals surface area contributed by atoms with Crippen molar-refractivity contribution < 1.29 is 0 Å². The third kappa shape index (κ3) is 0.783. The molecule has 4 bridgehead atoms. The van der Waals surface area contributed by atoms with Crippen LogP contribution in [0, 0.1) is 94.7 Å². The van der Waals surface area contributed by atoms with Gasteiger partial charge in [-0.05, 0) is 133 Å². The van der Waals surface area contributed by atoms with Crippen molar-refractivity contribution in [3.8, 4) is 0 Å². The van der Waals surface area contributed by atoms with Crippen molar-refractivity contribution in [1.29, 1.82) is 0 Å². The second-order valence-electron chi connectivity index (χ2n) is 11.7. The van der Waals surface area contributed by atoms with Crippen molar-refractivity contribution in [2.24, 2.45) is 94.7 Å². The van der Waals surface area contributed by atoms with Crippen LogP contribution in [0.25, 0.3) is 0 Å². The summed E-state index contributed by atoms with van der Waals surface area (Å²) in [5.74, 6) is 19.9. The second kappa shape index (κ2) is 2.88. The highest BCUT2D eigenvalue weighted by Crippen LogP contribution is 2.83. The van der Waals surface area contributed by atoms with Gasteiger partial charge in [0.25, 0.3) is 0 Å². The third-order valence-corrected chi connectivity index (χ3v) is 12.5. The summed E-state index contributed by atoms with van der Waals surface area (Å²) in [4.78, 5) is 0. The van der Waals surface area contributed by atoms with Gasteiger partial charge in [0.1, 0.15) is 0 Å². The van der Waals surface area contributed by atoms with Crippen molar-refractivity contribution in [2.75, 3.05) is 0 Å². The minimum absolute atomic E-state index is 1.24.